The first-order chi connectivity index (χ1) is 21.1. The number of rotatable bonds is 10. The van der Waals surface area contributed by atoms with Gasteiger partial charge in [-0.1, -0.05) is 48.5 Å². The number of carbonyl (C=O) groups is 1. The van der Waals surface area contributed by atoms with E-state index in [1.54, 1.807) is 26.7 Å². The van der Waals surface area contributed by atoms with E-state index in [4.69, 9.17) is 18.9 Å². The Morgan fingerprint density at radius 1 is 1.05 bits per heavy atom. The number of fused-ring (bicyclic) bond motifs is 2. The molecule has 3 heterocycles. The molecule has 9 nitrogen and oxygen atoms in total. The fraction of sp³-hybridized carbons (Fsp3) is 0.294. The second-order valence-electron chi connectivity index (χ2n) is 10.6. The predicted octanol–water partition coefficient (Wildman–Crippen LogP) is 5.68. The Morgan fingerprint density at radius 3 is 2.63 bits per heavy atom. The second-order valence-corrected chi connectivity index (χ2v) is 10.6. The molecule has 0 radical (unpaired) electrons. The first-order valence-corrected chi connectivity index (χ1v) is 14.5. The van der Waals surface area contributed by atoms with Crippen LogP contribution in [0.5, 0.6) is 11.5 Å². The highest BCUT2D eigenvalue weighted by molar-refractivity contribution is 6.00. The maximum atomic E-state index is 13.0. The van der Waals surface area contributed by atoms with Gasteiger partial charge in [-0.25, -0.2) is 4.79 Å². The normalized spacial score (nSPS) is 16.8. The smallest absolute Gasteiger partial charge is 0.319 e. The molecule has 0 fully saturated rings. The minimum Gasteiger partial charge on any atom is -0.493 e. The summed E-state index contributed by atoms with van der Waals surface area (Å²) in [5.41, 5.74) is 5.14. The van der Waals surface area contributed by atoms with E-state index in [-0.39, 0.29) is 24.8 Å². The summed E-state index contributed by atoms with van der Waals surface area (Å²) in [7, 11) is 3.32. The van der Waals surface area contributed by atoms with Gasteiger partial charge in [-0.15, -0.1) is 0 Å². The van der Waals surface area contributed by atoms with Gasteiger partial charge in [0.2, 0.25) is 6.79 Å². The minimum absolute atomic E-state index is 0.0286. The van der Waals surface area contributed by atoms with Crippen molar-refractivity contribution in [3.8, 4) is 11.5 Å². The Hall–Kier alpha value is -4.76. The minimum atomic E-state index is -0.257. The number of ether oxygens (including phenoxy) is 4. The summed E-state index contributed by atoms with van der Waals surface area (Å²) in [6, 6.07) is 23.9. The van der Waals surface area contributed by atoms with Gasteiger partial charge in [0.25, 0.3) is 0 Å². The first kappa shape index (κ1) is 28.4. The Bertz CT molecular complexity index is 1600. The van der Waals surface area contributed by atoms with E-state index in [1.165, 1.54) is 11.1 Å². The van der Waals surface area contributed by atoms with Crippen molar-refractivity contribution in [2.24, 2.45) is 5.92 Å². The predicted molar refractivity (Wildman–Crippen MR) is 165 cm³/mol. The van der Waals surface area contributed by atoms with Crippen molar-refractivity contribution in [3.05, 3.63) is 108 Å². The first-order valence-electron chi connectivity index (χ1n) is 14.5. The van der Waals surface area contributed by atoms with Gasteiger partial charge in [0, 0.05) is 43.2 Å². The van der Waals surface area contributed by atoms with Crippen LogP contribution in [0.2, 0.25) is 0 Å². The SMILES string of the molecule is COc1cc2c(cc1OC)C(C(Cc1ccccc1)C1=COCO1)N(CCNC(=O)Nc1ccnc3ccccc13)CC2. The monoisotopic (exact) mass is 580 g/mol. The molecular formula is C34H36N4O5. The molecule has 2 aliphatic rings. The number of benzene rings is 3. The Kier molecular flexibility index (Phi) is 8.60. The second kappa shape index (κ2) is 13.0. The highest BCUT2D eigenvalue weighted by atomic mass is 16.7. The van der Waals surface area contributed by atoms with Crippen LogP contribution in [0.1, 0.15) is 22.7 Å². The van der Waals surface area contributed by atoms with Crippen LogP contribution in [-0.2, 0) is 22.3 Å². The van der Waals surface area contributed by atoms with Crippen molar-refractivity contribution in [1.29, 1.82) is 0 Å². The third-order valence-corrected chi connectivity index (χ3v) is 8.15. The number of nitrogens with zero attached hydrogens (tertiary/aromatic N) is 2. The maximum absolute atomic E-state index is 13.0. The van der Waals surface area contributed by atoms with Gasteiger partial charge in [-0.2, -0.15) is 0 Å². The highest BCUT2D eigenvalue weighted by Crippen LogP contribution is 2.44. The van der Waals surface area contributed by atoms with Crippen LogP contribution >= 0.6 is 0 Å². The van der Waals surface area contributed by atoms with Crippen LogP contribution in [0, 0.1) is 5.92 Å². The summed E-state index contributed by atoms with van der Waals surface area (Å²) in [5, 5.41) is 6.95. The molecule has 0 saturated heterocycles. The molecule has 4 aromatic rings. The Morgan fingerprint density at radius 2 is 1.84 bits per heavy atom. The van der Waals surface area contributed by atoms with Crippen molar-refractivity contribution >= 4 is 22.6 Å². The molecule has 0 saturated carbocycles. The van der Waals surface area contributed by atoms with E-state index in [1.807, 2.05) is 36.4 Å². The molecule has 6 rings (SSSR count). The van der Waals surface area contributed by atoms with E-state index < -0.39 is 0 Å². The number of methoxy groups -OCH3 is 2. The molecule has 2 amide bonds. The average Bonchev–Trinajstić information content (AvgIpc) is 3.59. The lowest BCUT2D eigenvalue weighted by Crippen LogP contribution is -2.45. The molecule has 2 N–H and O–H groups in total. The molecule has 9 heteroatoms. The summed E-state index contributed by atoms with van der Waals surface area (Å²) in [6.07, 6.45) is 5.04. The zero-order valence-electron chi connectivity index (χ0n) is 24.4. The van der Waals surface area contributed by atoms with E-state index in [2.05, 4.69) is 56.9 Å². The van der Waals surface area contributed by atoms with Gasteiger partial charge >= 0.3 is 6.03 Å². The molecule has 0 spiro atoms. The fourth-order valence-electron chi connectivity index (χ4n) is 6.12. The molecular weight excluding hydrogens is 544 g/mol. The van der Waals surface area contributed by atoms with Crippen molar-refractivity contribution in [3.63, 3.8) is 0 Å². The van der Waals surface area contributed by atoms with Gasteiger partial charge in [0.1, 0.15) is 12.0 Å². The van der Waals surface area contributed by atoms with Crippen molar-refractivity contribution in [2.75, 3.05) is 46.0 Å². The van der Waals surface area contributed by atoms with Gasteiger partial charge in [-0.3, -0.25) is 9.88 Å². The summed E-state index contributed by atoms with van der Waals surface area (Å²) in [4.78, 5) is 19.8. The number of anilines is 1. The zero-order chi connectivity index (χ0) is 29.6. The lowest BCUT2D eigenvalue weighted by molar-refractivity contribution is 0.0523. The van der Waals surface area contributed by atoms with Crippen LogP contribution in [0.25, 0.3) is 10.9 Å². The van der Waals surface area contributed by atoms with Crippen LogP contribution in [0.4, 0.5) is 10.5 Å². The highest BCUT2D eigenvalue weighted by Gasteiger charge is 2.38. The van der Waals surface area contributed by atoms with Crippen LogP contribution in [0.15, 0.2) is 91.0 Å². The number of carbonyl (C=O) groups excluding carboxylic acids is 1. The third kappa shape index (κ3) is 6.22. The van der Waals surface area contributed by atoms with E-state index in [9.17, 15) is 4.79 Å². The lowest BCUT2D eigenvalue weighted by atomic mass is 9.80. The molecule has 2 aliphatic heterocycles. The summed E-state index contributed by atoms with van der Waals surface area (Å²) < 4.78 is 22.9. The summed E-state index contributed by atoms with van der Waals surface area (Å²) >= 11 is 0. The van der Waals surface area contributed by atoms with Gasteiger partial charge in [0.05, 0.1) is 25.4 Å². The molecule has 43 heavy (non-hydrogen) atoms. The number of nitrogens with one attached hydrogen (secondary N) is 2. The molecule has 0 bridgehead atoms. The average molecular weight is 581 g/mol. The zero-order valence-corrected chi connectivity index (χ0v) is 24.4. The summed E-state index contributed by atoms with van der Waals surface area (Å²) in [5.74, 6) is 2.19. The van der Waals surface area contributed by atoms with Gasteiger partial charge in [-0.05, 0) is 53.8 Å². The topological polar surface area (TPSA) is 94.2 Å². The molecule has 2 unspecified atom stereocenters. The number of para-hydroxylation sites is 1. The van der Waals surface area contributed by atoms with E-state index >= 15 is 0 Å². The van der Waals surface area contributed by atoms with E-state index in [0.717, 1.165) is 53.0 Å². The largest absolute Gasteiger partial charge is 0.493 e. The number of aromatic nitrogens is 1. The lowest BCUT2D eigenvalue weighted by Gasteiger charge is -2.42. The van der Waals surface area contributed by atoms with Crippen molar-refractivity contribution in [2.45, 2.75) is 18.9 Å². The quantitative estimate of drug-likeness (QED) is 0.249. The third-order valence-electron chi connectivity index (χ3n) is 8.15. The van der Waals surface area contributed by atoms with Gasteiger partial charge < -0.3 is 29.6 Å². The molecule has 3 aromatic carbocycles. The van der Waals surface area contributed by atoms with Crippen LogP contribution in [-0.4, -0.2) is 56.6 Å². The van der Waals surface area contributed by atoms with E-state index in [0.29, 0.717) is 18.8 Å². The Labute approximate surface area is 251 Å². The number of urea groups is 1. The standard InChI is InChI=1S/C34H36N4O5/c1-40-30-19-24-13-16-38(17-15-36-34(39)37-29-12-14-35-28-11-7-6-10-25(28)29)33(26(24)20-31(30)41-2)27(32-21-42-22-43-32)18-23-8-4-3-5-9-23/h3-12,14,19-21,27,33H,13,15-18,22H2,1-2H3,(H2,35,36,37,39). The molecule has 2 atom stereocenters. The van der Waals surface area contributed by atoms with Crippen LogP contribution in [0.3, 0.4) is 0 Å². The molecule has 0 aliphatic carbocycles. The maximum Gasteiger partial charge on any atom is 0.319 e. The number of amides is 2. The van der Waals surface area contributed by atoms with Crippen molar-refractivity contribution < 1.29 is 23.7 Å². The fourth-order valence-corrected chi connectivity index (χ4v) is 6.12. The Balaban J connectivity index is 1.25. The number of hydrogen-bond donors (Lipinski definition) is 2. The van der Waals surface area contributed by atoms with Crippen molar-refractivity contribution in [1.82, 2.24) is 15.2 Å². The van der Waals surface area contributed by atoms with Crippen LogP contribution < -0.4 is 20.1 Å². The molecule has 222 valence electrons. The summed E-state index contributed by atoms with van der Waals surface area (Å²) in [6.45, 7) is 2.12. The number of pyridine rings is 1. The number of hydrogen-bond acceptors (Lipinski definition) is 7. The van der Waals surface area contributed by atoms with Gasteiger partial charge in [0.15, 0.2) is 11.5 Å². The molecule has 1 aromatic heterocycles.